The highest BCUT2D eigenvalue weighted by Crippen LogP contribution is 2.23. The van der Waals surface area contributed by atoms with Crippen LogP contribution in [0.25, 0.3) is 0 Å². The van der Waals surface area contributed by atoms with Crippen molar-refractivity contribution in [3.63, 3.8) is 0 Å². The van der Waals surface area contributed by atoms with Crippen LogP contribution in [0.1, 0.15) is 22.9 Å². The van der Waals surface area contributed by atoms with Crippen LogP contribution in [0.5, 0.6) is 5.88 Å². The third kappa shape index (κ3) is 3.06. The van der Waals surface area contributed by atoms with Crippen molar-refractivity contribution in [1.29, 1.82) is 0 Å². The number of benzene rings is 1. The summed E-state index contributed by atoms with van der Waals surface area (Å²) in [6.07, 6.45) is 1.44. The SMILES string of the molecule is CNC(c1cc(C)cc(F)c1)c1cc(OC)ncn1. The minimum atomic E-state index is -0.253. The molecular formula is C14H16FN3O. The Labute approximate surface area is 111 Å². The van der Waals surface area contributed by atoms with Crippen LogP contribution in [0, 0.1) is 12.7 Å². The van der Waals surface area contributed by atoms with Gasteiger partial charge >= 0.3 is 0 Å². The Morgan fingerprint density at radius 2 is 2.00 bits per heavy atom. The van der Waals surface area contributed by atoms with E-state index < -0.39 is 0 Å². The highest BCUT2D eigenvalue weighted by Gasteiger charge is 2.15. The normalized spacial score (nSPS) is 12.2. The van der Waals surface area contributed by atoms with Crippen LogP contribution in [0.15, 0.2) is 30.6 Å². The van der Waals surface area contributed by atoms with E-state index in [9.17, 15) is 4.39 Å². The number of rotatable bonds is 4. The number of nitrogens with one attached hydrogen (secondary N) is 1. The largest absolute Gasteiger partial charge is 0.481 e. The van der Waals surface area contributed by atoms with E-state index in [1.54, 1.807) is 20.2 Å². The zero-order valence-electron chi connectivity index (χ0n) is 11.1. The maximum atomic E-state index is 13.5. The molecule has 19 heavy (non-hydrogen) atoms. The number of hydrogen-bond acceptors (Lipinski definition) is 4. The Hall–Kier alpha value is -2.01. The topological polar surface area (TPSA) is 47.0 Å². The molecule has 0 aliphatic carbocycles. The monoisotopic (exact) mass is 261 g/mol. The highest BCUT2D eigenvalue weighted by atomic mass is 19.1. The van der Waals surface area contributed by atoms with Crippen molar-refractivity contribution in [2.24, 2.45) is 0 Å². The lowest BCUT2D eigenvalue weighted by molar-refractivity contribution is 0.395. The second-order valence-corrected chi connectivity index (χ2v) is 4.27. The number of methoxy groups -OCH3 is 1. The van der Waals surface area contributed by atoms with E-state index in [2.05, 4.69) is 15.3 Å². The van der Waals surface area contributed by atoms with Crippen molar-refractivity contribution < 1.29 is 9.13 Å². The summed E-state index contributed by atoms with van der Waals surface area (Å²) in [5.41, 5.74) is 2.43. The van der Waals surface area contributed by atoms with Crippen LogP contribution in [0.3, 0.4) is 0 Å². The van der Waals surface area contributed by atoms with E-state index in [0.29, 0.717) is 5.88 Å². The molecule has 1 aromatic heterocycles. The minimum absolute atomic E-state index is 0.203. The van der Waals surface area contributed by atoms with E-state index in [1.807, 2.05) is 13.0 Å². The van der Waals surface area contributed by atoms with E-state index >= 15 is 0 Å². The predicted molar refractivity (Wildman–Crippen MR) is 70.6 cm³/mol. The summed E-state index contributed by atoms with van der Waals surface area (Å²) < 4.78 is 18.6. The standard InChI is InChI=1S/C14H16FN3O/c1-9-4-10(6-11(15)5-9)14(16-2)12-7-13(19-3)18-8-17-12/h4-8,14,16H,1-3H3. The number of ether oxygens (including phenoxy) is 1. The third-order valence-electron chi connectivity index (χ3n) is 2.85. The highest BCUT2D eigenvalue weighted by molar-refractivity contribution is 5.32. The van der Waals surface area contributed by atoms with E-state index in [-0.39, 0.29) is 11.9 Å². The summed E-state index contributed by atoms with van der Waals surface area (Å²) in [5, 5.41) is 3.13. The molecule has 1 atom stereocenters. The molecule has 1 aromatic carbocycles. The van der Waals surface area contributed by atoms with Gasteiger partial charge in [0.2, 0.25) is 5.88 Å². The number of aromatic nitrogens is 2. The van der Waals surface area contributed by atoms with Crippen molar-refractivity contribution in [3.8, 4) is 5.88 Å². The summed E-state index contributed by atoms with van der Waals surface area (Å²) >= 11 is 0. The molecule has 4 nitrogen and oxygen atoms in total. The quantitative estimate of drug-likeness (QED) is 0.917. The Kier molecular flexibility index (Phi) is 4.06. The number of halogens is 1. The Morgan fingerprint density at radius 3 is 2.63 bits per heavy atom. The first-order chi connectivity index (χ1) is 9.13. The van der Waals surface area contributed by atoms with Crippen LogP contribution >= 0.6 is 0 Å². The maximum Gasteiger partial charge on any atom is 0.216 e. The molecule has 2 aromatic rings. The van der Waals surface area contributed by atoms with E-state index in [4.69, 9.17) is 4.74 Å². The van der Waals surface area contributed by atoms with Gasteiger partial charge in [0, 0.05) is 6.07 Å². The second-order valence-electron chi connectivity index (χ2n) is 4.27. The van der Waals surface area contributed by atoms with Gasteiger partial charge in [-0.15, -0.1) is 0 Å². The first-order valence-electron chi connectivity index (χ1n) is 5.94. The fourth-order valence-corrected chi connectivity index (χ4v) is 2.04. The van der Waals surface area contributed by atoms with Gasteiger partial charge in [-0.25, -0.2) is 14.4 Å². The average Bonchev–Trinajstić information content (AvgIpc) is 2.39. The van der Waals surface area contributed by atoms with Crippen molar-refractivity contribution >= 4 is 0 Å². The Balaban J connectivity index is 2.43. The van der Waals surface area contributed by atoms with Crippen LogP contribution in [-0.4, -0.2) is 24.1 Å². The number of aryl methyl sites for hydroxylation is 1. The molecule has 2 rings (SSSR count). The summed E-state index contributed by atoms with van der Waals surface area (Å²) in [5.74, 6) is 0.231. The zero-order valence-corrected chi connectivity index (χ0v) is 11.1. The summed E-state index contributed by atoms with van der Waals surface area (Å²) in [6.45, 7) is 1.86. The molecule has 0 aliphatic heterocycles. The minimum Gasteiger partial charge on any atom is -0.481 e. The molecule has 0 spiro atoms. The average molecular weight is 261 g/mol. The van der Waals surface area contributed by atoms with Crippen LogP contribution in [0.4, 0.5) is 4.39 Å². The van der Waals surface area contributed by atoms with Gasteiger partial charge in [0.25, 0.3) is 0 Å². The number of hydrogen-bond donors (Lipinski definition) is 1. The molecule has 1 unspecified atom stereocenters. The van der Waals surface area contributed by atoms with Gasteiger partial charge in [-0.3, -0.25) is 0 Å². The number of nitrogens with zero attached hydrogens (tertiary/aromatic N) is 2. The predicted octanol–water partition coefficient (Wildman–Crippen LogP) is 2.24. The van der Waals surface area contributed by atoms with Crippen molar-refractivity contribution in [2.45, 2.75) is 13.0 Å². The molecule has 0 saturated heterocycles. The molecule has 1 N–H and O–H groups in total. The maximum absolute atomic E-state index is 13.5. The van der Waals surface area contributed by atoms with E-state index in [1.165, 1.54) is 18.5 Å². The molecule has 0 amide bonds. The molecule has 0 aliphatic rings. The molecule has 5 heteroatoms. The summed E-state index contributed by atoms with van der Waals surface area (Å²) in [7, 11) is 3.35. The Bertz CT molecular complexity index is 554. The van der Waals surface area contributed by atoms with Gasteiger partial charge in [-0.2, -0.15) is 0 Å². The van der Waals surface area contributed by atoms with Crippen molar-refractivity contribution in [2.75, 3.05) is 14.2 Å². The van der Waals surface area contributed by atoms with Gasteiger partial charge < -0.3 is 10.1 Å². The van der Waals surface area contributed by atoms with Gasteiger partial charge in [0.15, 0.2) is 0 Å². The lowest BCUT2D eigenvalue weighted by Gasteiger charge is -2.17. The van der Waals surface area contributed by atoms with Crippen molar-refractivity contribution in [1.82, 2.24) is 15.3 Å². The molecule has 1 heterocycles. The van der Waals surface area contributed by atoms with Gasteiger partial charge in [0.05, 0.1) is 18.8 Å². The molecule has 0 saturated carbocycles. The summed E-state index contributed by atoms with van der Waals surface area (Å²) in [4.78, 5) is 8.19. The van der Waals surface area contributed by atoms with Crippen LogP contribution < -0.4 is 10.1 Å². The molecule has 0 bridgehead atoms. The zero-order chi connectivity index (χ0) is 13.8. The smallest absolute Gasteiger partial charge is 0.216 e. The second kappa shape index (κ2) is 5.75. The fraction of sp³-hybridized carbons (Fsp3) is 0.286. The Morgan fingerprint density at radius 1 is 1.21 bits per heavy atom. The van der Waals surface area contributed by atoms with Gasteiger partial charge in [-0.05, 0) is 37.2 Å². The van der Waals surface area contributed by atoms with Gasteiger partial charge in [-0.1, -0.05) is 6.07 Å². The van der Waals surface area contributed by atoms with Gasteiger partial charge in [0.1, 0.15) is 12.1 Å². The molecule has 100 valence electrons. The fourth-order valence-electron chi connectivity index (χ4n) is 2.04. The lowest BCUT2D eigenvalue weighted by atomic mass is 10.0. The third-order valence-corrected chi connectivity index (χ3v) is 2.85. The van der Waals surface area contributed by atoms with Crippen LogP contribution in [0.2, 0.25) is 0 Å². The molecule has 0 radical (unpaired) electrons. The van der Waals surface area contributed by atoms with Crippen molar-refractivity contribution in [3.05, 3.63) is 53.2 Å². The summed E-state index contributed by atoms with van der Waals surface area (Å²) in [6, 6.07) is 6.46. The lowest BCUT2D eigenvalue weighted by Crippen LogP contribution is -2.19. The molecular weight excluding hydrogens is 245 g/mol. The van der Waals surface area contributed by atoms with E-state index in [0.717, 1.165) is 16.8 Å². The first kappa shape index (κ1) is 13.4. The first-order valence-corrected chi connectivity index (χ1v) is 5.94. The molecule has 0 fully saturated rings. The van der Waals surface area contributed by atoms with Crippen LogP contribution in [-0.2, 0) is 0 Å².